The number of carbonyl (C=O) groups excluding carboxylic acids is 2. The van der Waals surface area contributed by atoms with Gasteiger partial charge in [0.05, 0.1) is 10.7 Å². The van der Waals surface area contributed by atoms with Crippen molar-refractivity contribution in [1.82, 2.24) is 4.98 Å². The van der Waals surface area contributed by atoms with E-state index in [1.807, 2.05) is 36.6 Å². The Kier molecular flexibility index (Phi) is 6.76. The van der Waals surface area contributed by atoms with Crippen molar-refractivity contribution in [1.29, 1.82) is 0 Å². The van der Waals surface area contributed by atoms with E-state index >= 15 is 0 Å². The molecule has 2 N–H and O–H groups in total. The molecule has 0 spiro atoms. The third kappa shape index (κ3) is 6.29. The number of carbonyl (C=O) groups is 2. The van der Waals surface area contributed by atoms with Crippen LogP contribution in [-0.2, 0) is 16.2 Å². The Balaban J connectivity index is 1.60. The van der Waals surface area contributed by atoms with Crippen LogP contribution in [0, 0.1) is 6.92 Å². The summed E-state index contributed by atoms with van der Waals surface area (Å²) in [5, 5.41) is 8.43. The van der Waals surface area contributed by atoms with Gasteiger partial charge in [0.1, 0.15) is 12.4 Å². The minimum absolute atomic E-state index is 0.143. The van der Waals surface area contributed by atoms with Crippen LogP contribution in [0.4, 0.5) is 11.4 Å². The van der Waals surface area contributed by atoms with Crippen LogP contribution in [0.5, 0.6) is 5.75 Å². The summed E-state index contributed by atoms with van der Waals surface area (Å²) in [5.74, 6) is 0.277. The highest BCUT2D eigenvalue weighted by Gasteiger charge is 2.04. The van der Waals surface area contributed by atoms with E-state index in [0.717, 1.165) is 16.3 Å². The van der Waals surface area contributed by atoms with Gasteiger partial charge in [-0.25, -0.2) is 4.98 Å². The second kappa shape index (κ2) is 9.66. The van der Waals surface area contributed by atoms with Crippen molar-refractivity contribution >= 4 is 40.6 Å². The first-order chi connectivity index (χ1) is 14.0. The van der Waals surface area contributed by atoms with Crippen LogP contribution in [0.3, 0.4) is 0 Å². The lowest BCUT2D eigenvalue weighted by molar-refractivity contribution is -0.114. The first-order valence-electron chi connectivity index (χ1n) is 8.99. The van der Waals surface area contributed by atoms with E-state index in [1.54, 1.807) is 41.7 Å². The van der Waals surface area contributed by atoms with E-state index < -0.39 is 0 Å². The molecule has 3 aromatic rings. The van der Waals surface area contributed by atoms with E-state index in [2.05, 4.69) is 15.6 Å². The maximum absolute atomic E-state index is 12.2. The van der Waals surface area contributed by atoms with Gasteiger partial charge >= 0.3 is 0 Å². The topological polar surface area (TPSA) is 80.3 Å². The number of anilines is 2. The Morgan fingerprint density at radius 3 is 2.41 bits per heavy atom. The second-order valence-electron chi connectivity index (χ2n) is 6.27. The molecule has 0 saturated heterocycles. The molecule has 0 saturated carbocycles. The molecule has 3 rings (SSSR count). The van der Waals surface area contributed by atoms with Crippen LogP contribution in [0.2, 0.25) is 0 Å². The zero-order valence-corrected chi connectivity index (χ0v) is 17.0. The summed E-state index contributed by atoms with van der Waals surface area (Å²) < 4.78 is 5.86. The maximum atomic E-state index is 12.2. The Morgan fingerprint density at radius 2 is 1.76 bits per heavy atom. The third-order valence-corrected chi connectivity index (χ3v) is 4.67. The fourth-order valence-corrected chi connectivity index (χ4v) is 3.16. The highest BCUT2D eigenvalue weighted by atomic mass is 32.1. The zero-order valence-electron chi connectivity index (χ0n) is 16.1. The van der Waals surface area contributed by atoms with Gasteiger partial charge < -0.3 is 15.4 Å². The number of benzene rings is 2. The predicted octanol–water partition coefficient (Wildman–Crippen LogP) is 4.64. The van der Waals surface area contributed by atoms with Crippen molar-refractivity contribution in [2.45, 2.75) is 20.5 Å². The largest absolute Gasteiger partial charge is 0.487 e. The lowest BCUT2D eigenvalue weighted by Gasteiger charge is -2.08. The van der Waals surface area contributed by atoms with E-state index in [9.17, 15) is 9.59 Å². The first kappa shape index (κ1) is 20.3. The summed E-state index contributed by atoms with van der Waals surface area (Å²) in [5.41, 5.74) is 2.99. The lowest BCUT2D eigenvalue weighted by atomic mass is 10.2. The fraction of sp³-hybridized carbons (Fsp3) is 0.136. The number of nitrogens with one attached hydrogen (secondary N) is 2. The van der Waals surface area contributed by atoms with E-state index in [1.165, 1.54) is 13.0 Å². The summed E-state index contributed by atoms with van der Waals surface area (Å²) >= 11 is 1.58. The van der Waals surface area contributed by atoms with Gasteiger partial charge in [-0.3, -0.25) is 9.59 Å². The number of rotatable bonds is 7. The molecule has 0 aliphatic heterocycles. The summed E-state index contributed by atoms with van der Waals surface area (Å²) in [6, 6.07) is 14.4. The molecule has 2 aromatic carbocycles. The summed E-state index contributed by atoms with van der Waals surface area (Å²) in [7, 11) is 0. The predicted molar refractivity (Wildman–Crippen MR) is 116 cm³/mol. The molecule has 2 amide bonds. The van der Waals surface area contributed by atoms with Gasteiger partial charge in [-0.1, -0.05) is 18.2 Å². The summed E-state index contributed by atoms with van der Waals surface area (Å²) in [6.07, 6.45) is 3.17. The SMILES string of the molecule is CC(=O)Nc1ccc(NC(=O)/C=C/c2ccccc2OCc2csc(C)n2)cc1. The van der Waals surface area contributed by atoms with Crippen LogP contribution >= 0.6 is 11.3 Å². The van der Waals surface area contributed by atoms with Crippen molar-refractivity contribution in [3.8, 4) is 5.75 Å². The zero-order chi connectivity index (χ0) is 20.6. The lowest BCUT2D eigenvalue weighted by Crippen LogP contribution is -2.08. The van der Waals surface area contributed by atoms with E-state index in [-0.39, 0.29) is 11.8 Å². The van der Waals surface area contributed by atoms with E-state index in [4.69, 9.17) is 4.74 Å². The molecular formula is C22H21N3O3S. The van der Waals surface area contributed by atoms with Gasteiger partial charge in [-0.05, 0) is 43.3 Å². The number of thiazole rings is 1. The highest BCUT2D eigenvalue weighted by molar-refractivity contribution is 7.09. The molecule has 0 radical (unpaired) electrons. The molecule has 7 heteroatoms. The number of amides is 2. The van der Waals surface area contributed by atoms with Gasteiger partial charge in [-0.2, -0.15) is 0 Å². The number of aryl methyl sites for hydroxylation is 1. The van der Waals surface area contributed by atoms with Crippen molar-refractivity contribution in [2.75, 3.05) is 10.6 Å². The number of ether oxygens (including phenoxy) is 1. The second-order valence-corrected chi connectivity index (χ2v) is 7.33. The van der Waals surface area contributed by atoms with Crippen molar-refractivity contribution < 1.29 is 14.3 Å². The quantitative estimate of drug-likeness (QED) is 0.559. The van der Waals surface area contributed by atoms with Gasteiger partial charge in [0.2, 0.25) is 11.8 Å². The molecule has 0 bridgehead atoms. The molecular weight excluding hydrogens is 386 g/mol. The smallest absolute Gasteiger partial charge is 0.248 e. The molecule has 0 aliphatic carbocycles. The monoisotopic (exact) mass is 407 g/mol. The molecule has 6 nitrogen and oxygen atoms in total. The molecule has 0 aliphatic rings. The van der Waals surface area contributed by atoms with Gasteiger partial charge in [0.15, 0.2) is 0 Å². The molecule has 1 aromatic heterocycles. The van der Waals surface area contributed by atoms with Crippen LogP contribution in [0.25, 0.3) is 6.08 Å². The van der Waals surface area contributed by atoms with Crippen LogP contribution in [0.1, 0.15) is 23.2 Å². The molecule has 1 heterocycles. The molecule has 148 valence electrons. The number of hydrogen-bond acceptors (Lipinski definition) is 5. The Hall–Kier alpha value is -3.45. The Labute approximate surface area is 173 Å². The Morgan fingerprint density at radius 1 is 1.07 bits per heavy atom. The molecule has 0 unspecified atom stereocenters. The maximum Gasteiger partial charge on any atom is 0.248 e. The van der Waals surface area contributed by atoms with Gasteiger partial charge in [0, 0.05) is 35.3 Å². The van der Waals surface area contributed by atoms with Crippen molar-refractivity contribution in [3.63, 3.8) is 0 Å². The number of para-hydroxylation sites is 1. The number of aromatic nitrogens is 1. The van der Waals surface area contributed by atoms with Crippen LogP contribution in [0.15, 0.2) is 60.0 Å². The van der Waals surface area contributed by atoms with Gasteiger partial charge in [-0.15, -0.1) is 11.3 Å². The standard InChI is InChI=1S/C22H21N3O3S/c1-15(26)23-18-8-10-19(11-9-18)25-22(27)12-7-17-5-3-4-6-21(17)28-13-20-14-29-16(2)24-20/h3-12,14H,13H2,1-2H3,(H,23,26)(H,25,27)/b12-7+. The van der Waals surface area contributed by atoms with Crippen molar-refractivity contribution in [3.05, 3.63) is 76.3 Å². The summed E-state index contributed by atoms with van der Waals surface area (Å²) in [4.78, 5) is 27.7. The highest BCUT2D eigenvalue weighted by Crippen LogP contribution is 2.21. The average Bonchev–Trinajstić information content (AvgIpc) is 3.12. The number of hydrogen-bond donors (Lipinski definition) is 2. The molecule has 29 heavy (non-hydrogen) atoms. The average molecular weight is 407 g/mol. The number of nitrogens with zero attached hydrogens (tertiary/aromatic N) is 1. The normalized spacial score (nSPS) is 10.7. The van der Waals surface area contributed by atoms with E-state index in [0.29, 0.717) is 23.7 Å². The van der Waals surface area contributed by atoms with Crippen molar-refractivity contribution in [2.24, 2.45) is 0 Å². The van der Waals surface area contributed by atoms with Crippen LogP contribution in [-0.4, -0.2) is 16.8 Å². The van der Waals surface area contributed by atoms with Gasteiger partial charge in [0.25, 0.3) is 0 Å². The van der Waals surface area contributed by atoms with Crippen LogP contribution < -0.4 is 15.4 Å². The molecule has 0 fully saturated rings. The first-order valence-corrected chi connectivity index (χ1v) is 9.87. The fourth-order valence-electron chi connectivity index (χ4n) is 2.57. The Bertz CT molecular complexity index is 1030. The minimum Gasteiger partial charge on any atom is -0.487 e. The minimum atomic E-state index is -0.262. The summed E-state index contributed by atoms with van der Waals surface area (Å²) in [6.45, 7) is 3.78. The molecule has 0 atom stereocenters. The third-order valence-electron chi connectivity index (χ3n) is 3.85.